The molecule has 21 heavy (non-hydrogen) atoms. The standard InChI is InChI=1S/C14H15N3O4/c1-21-14(20)12(9-5-3-2-4-6-9)15-13(19)10-7-8-11(18)17-16-10/h2-6,12H,7-8H2,1H3,(H,15,19)(H,17,18). The van der Waals surface area contributed by atoms with E-state index in [2.05, 4.69) is 15.8 Å². The van der Waals surface area contributed by atoms with E-state index in [0.29, 0.717) is 5.56 Å². The molecule has 1 aliphatic rings. The topological polar surface area (TPSA) is 96.9 Å². The van der Waals surface area contributed by atoms with Crippen LogP contribution in [0.5, 0.6) is 0 Å². The molecule has 0 aliphatic carbocycles. The maximum Gasteiger partial charge on any atom is 0.333 e. The van der Waals surface area contributed by atoms with Crippen LogP contribution in [0.25, 0.3) is 0 Å². The van der Waals surface area contributed by atoms with Crippen molar-refractivity contribution in [2.24, 2.45) is 5.10 Å². The summed E-state index contributed by atoms with van der Waals surface area (Å²) in [5.41, 5.74) is 3.03. The molecule has 1 aromatic carbocycles. The Balaban J connectivity index is 2.14. The molecule has 1 aromatic rings. The van der Waals surface area contributed by atoms with E-state index < -0.39 is 17.9 Å². The lowest BCUT2D eigenvalue weighted by atomic mass is 10.1. The molecule has 0 radical (unpaired) electrons. The van der Waals surface area contributed by atoms with Gasteiger partial charge in [0.2, 0.25) is 5.91 Å². The SMILES string of the molecule is COC(=O)C(NC(=O)C1=NNC(=O)CC1)c1ccccc1. The second-order valence-electron chi connectivity index (χ2n) is 4.43. The van der Waals surface area contributed by atoms with Gasteiger partial charge in [0.25, 0.3) is 5.91 Å². The minimum absolute atomic E-state index is 0.180. The molecule has 1 unspecified atom stereocenters. The van der Waals surface area contributed by atoms with Crippen molar-refractivity contribution in [2.45, 2.75) is 18.9 Å². The van der Waals surface area contributed by atoms with Crippen LogP contribution in [0.3, 0.4) is 0 Å². The number of carbonyl (C=O) groups is 3. The summed E-state index contributed by atoms with van der Waals surface area (Å²) in [4.78, 5) is 34.9. The molecule has 7 nitrogen and oxygen atoms in total. The maximum atomic E-state index is 12.1. The van der Waals surface area contributed by atoms with Crippen molar-refractivity contribution < 1.29 is 19.1 Å². The Kier molecular flexibility index (Phi) is 4.65. The van der Waals surface area contributed by atoms with Gasteiger partial charge in [-0.3, -0.25) is 9.59 Å². The lowest BCUT2D eigenvalue weighted by Crippen LogP contribution is -2.41. The predicted molar refractivity (Wildman–Crippen MR) is 74.2 cm³/mol. The molecular weight excluding hydrogens is 274 g/mol. The average Bonchev–Trinajstić information content (AvgIpc) is 2.53. The number of esters is 1. The van der Waals surface area contributed by atoms with E-state index in [9.17, 15) is 14.4 Å². The number of hydrogen-bond acceptors (Lipinski definition) is 5. The molecule has 0 bridgehead atoms. The van der Waals surface area contributed by atoms with E-state index in [0.717, 1.165) is 0 Å². The number of carbonyl (C=O) groups excluding carboxylic acids is 3. The molecular formula is C14H15N3O4. The first kappa shape index (κ1) is 14.7. The molecule has 0 aromatic heterocycles. The van der Waals surface area contributed by atoms with Crippen molar-refractivity contribution in [1.29, 1.82) is 0 Å². The first-order valence-electron chi connectivity index (χ1n) is 6.41. The average molecular weight is 289 g/mol. The smallest absolute Gasteiger partial charge is 0.333 e. The minimum atomic E-state index is -0.913. The normalized spacial score (nSPS) is 15.5. The highest BCUT2D eigenvalue weighted by atomic mass is 16.5. The number of methoxy groups -OCH3 is 1. The molecule has 110 valence electrons. The maximum absolute atomic E-state index is 12.1. The Morgan fingerprint density at radius 1 is 1.29 bits per heavy atom. The van der Waals surface area contributed by atoms with Gasteiger partial charge in [0.15, 0.2) is 6.04 Å². The molecule has 2 amide bonds. The largest absolute Gasteiger partial charge is 0.467 e. The number of ether oxygens (including phenoxy) is 1. The number of hydrogen-bond donors (Lipinski definition) is 2. The van der Waals surface area contributed by atoms with Gasteiger partial charge in [0.05, 0.1) is 7.11 Å². The summed E-state index contributed by atoms with van der Waals surface area (Å²) in [5, 5.41) is 6.27. The van der Waals surface area contributed by atoms with Crippen LogP contribution < -0.4 is 10.7 Å². The zero-order valence-corrected chi connectivity index (χ0v) is 11.5. The van der Waals surface area contributed by atoms with Gasteiger partial charge in [-0.15, -0.1) is 0 Å². The summed E-state index contributed by atoms with van der Waals surface area (Å²) in [7, 11) is 1.25. The van der Waals surface area contributed by atoms with Crippen molar-refractivity contribution in [3.63, 3.8) is 0 Å². The fraction of sp³-hybridized carbons (Fsp3) is 0.286. The van der Waals surface area contributed by atoms with Crippen LogP contribution in [0.15, 0.2) is 35.4 Å². The molecule has 1 heterocycles. The van der Waals surface area contributed by atoms with Gasteiger partial charge in [-0.2, -0.15) is 5.10 Å². The van der Waals surface area contributed by atoms with Crippen molar-refractivity contribution in [3.05, 3.63) is 35.9 Å². The van der Waals surface area contributed by atoms with E-state index >= 15 is 0 Å². The first-order valence-corrected chi connectivity index (χ1v) is 6.41. The van der Waals surface area contributed by atoms with E-state index in [-0.39, 0.29) is 24.5 Å². The number of nitrogens with zero attached hydrogens (tertiary/aromatic N) is 1. The monoisotopic (exact) mass is 289 g/mol. The second-order valence-corrected chi connectivity index (χ2v) is 4.43. The van der Waals surface area contributed by atoms with Crippen molar-refractivity contribution >= 4 is 23.5 Å². The van der Waals surface area contributed by atoms with Crippen LogP contribution >= 0.6 is 0 Å². The van der Waals surface area contributed by atoms with Crippen LogP contribution in [-0.2, 0) is 19.1 Å². The first-order chi connectivity index (χ1) is 10.1. The van der Waals surface area contributed by atoms with Gasteiger partial charge >= 0.3 is 5.97 Å². The Morgan fingerprint density at radius 2 is 2.00 bits per heavy atom. The van der Waals surface area contributed by atoms with Gasteiger partial charge in [-0.1, -0.05) is 30.3 Å². The van der Waals surface area contributed by atoms with Crippen LogP contribution in [0, 0.1) is 0 Å². The number of rotatable bonds is 4. The Hall–Kier alpha value is -2.70. The highest BCUT2D eigenvalue weighted by Gasteiger charge is 2.26. The summed E-state index contributed by atoms with van der Waals surface area (Å²) in [6.45, 7) is 0. The van der Waals surface area contributed by atoms with Gasteiger partial charge in [-0.05, 0) is 5.56 Å². The van der Waals surface area contributed by atoms with Crippen LogP contribution in [0.1, 0.15) is 24.4 Å². The molecule has 0 saturated heterocycles. The van der Waals surface area contributed by atoms with E-state index in [1.807, 2.05) is 0 Å². The molecule has 2 rings (SSSR count). The number of nitrogens with one attached hydrogen (secondary N) is 2. The molecule has 0 saturated carbocycles. The highest BCUT2D eigenvalue weighted by Crippen LogP contribution is 2.14. The molecule has 7 heteroatoms. The van der Waals surface area contributed by atoms with Crippen molar-refractivity contribution in [1.82, 2.24) is 10.7 Å². The van der Waals surface area contributed by atoms with Crippen molar-refractivity contribution in [2.75, 3.05) is 7.11 Å². The van der Waals surface area contributed by atoms with E-state index in [4.69, 9.17) is 4.74 Å². The Bertz CT molecular complexity index is 583. The van der Waals surface area contributed by atoms with E-state index in [1.54, 1.807) is 30.3 Å². The van der Waals surface area contributed by atoms with Gasteiger partial charge in [0, 0.05) is 12.8 Å². The molecule has 0 spiro atoms. The van der Waals surface area contributed by atoms with Gasteiger partial charge in [-0.25, -0.2) is 10.2 Å². The lowest BCUT2D eigenvalue weighted by molar-refractivity contribution is -0.144. The Morgan fingerprint density at radius 3 is 2.57 bits per heavy atom. The number of amides is 2. The third kappa shape index (κ3) is 3.65. The summed E-state index contributed by atoms with van der Waals surface area (Å²) in [5.74, 6) is -1.32. The zero-order chi connectivity index (χ0) is 15.2. The van der Waals surface area contributed by atoms with Crippen molar-refractivity contribution in [3.8, 4) is 0 Å². The summed E-state index contributed by atoms with van der Waals surface area (Å²) >= 11 is 0. The number of benzene rings is 1. The lowest BCUT2D eigenvalue weighted by Gasteiger charge is -2.18. The summed E-state index contributed by atoms with van der Waals surface area (Å²) in [6, 6.07) is 7.84. The molecule has 2 N–H and O–H groups in total. The number of hydrazone groups is 1. The van der Waals surface area contributed by atoms with Crippen LogP contribution in [-0.4, -0.2) is 30.6 Å². The summed E-state index contributed by atoms with van der Waals surface area (Å²) in [6.07, 6.45) is 0.431. The highest BCUT2D eigenvalue weighted by molar-refractivity contribution is 6.39. The van der Waals surface area contributed by atoms with Crippen LogP contribution in [0.4, 0.5) is 0 Å². The van der Waals surface area contributed by atoms with Gasteiger partial charge in [0.1, 0.15) is 5.71 Å². The third-order valence-electron chi connectivity index (χ3n) is 3.01. The predicted octanol–water partition coefficient (Wildman–Crippen LogP) is 0.283. The quantitative estimate of drug-likeness (QED) is 0.778. The minimum Gasteiger partial charge on any atom is -0.467 e. The zero-order valence-electron chi connectivity index (χ0n) is 11.5. The second kappa shape index (κ2) is 6.65. The Labute approximate surface area is 121 Å². The molecule has 1 aliphatic heterocycles. The fourth-order valence-corrected chi connectivity index (χ4v) is 1.89. The van der Waals surface area contributed by atoms with Gasteiger partial charge < -0.3 is 10.1 Å². The summed E-state index contributed by atoms with van der Waals surface area (Å²) < 4.78 is 4.71. The van der Waals surface area contributed by atoms with Crippen LogP contribution in [0.2, 0.25) is 0 Å². The molecule has 0 fully saturated rings. The fourth-order valence-electron chi connectivity index (χ4n) is 1.89. The third-order valence-corrected chi connectivity index (χ3v) is 3.01. The van der Waals surface area contributed by atoms with E-state index in [1.165, 1.54) is 7.11 Å². The molecule has 1 atom stereocenters.